The van der Waals surface area contributed by atoms with Crippen molar-refractivity contribution in [3.63, 3.8) is 0 Å². The van der Waals surface area contributed by atoms with Gasteiger partial charge in [0.2, 0.25) is 0 Å². The van der Waals surface area contributed by atoms with Crippen molar-refractivity contribution < 1.29 is 4.79 Å². The monoisotopic (exact) mass is 369 g/mol. The summed E-state index contributed by atoms with van der Waals surface area (Å²) in [4.78, 5) is 14.1. The van der Waals surface area contributed by atoms with Crippen molar-refractivity contribution >= 4 is 5.78 Å². The molecule has 143 valence electrons. The minimum absolute atomic E-state index is 0.125. The van der Waals surface area contributed by atoms with Gasteiger partial charge in [-0.1, -0.05) is 100 Å². The van der Waals surface area contributed by atoms with Crippen LogP contribution in [0.1, 0.15) is 79.1 Å². The molecule has 1 nitrogen and oxygen atoms in total. The van der Waals surface area contributed by atoms with Gasteiger partial charge in [0.05, 0.1) is 5.41 Å². The molecule has 0 unspecified atom stereocenters. The first-order valence-electron chi connectivity index (χ1n) is 10.1. The number of rotatable bonds is 6. The Bertz CT molecular complexity index is 897. The lowest BCUT2D eigenvalue weighted by molar-refractivity contribution is 0.0921. The molecule has 0 aliphatic rings. The van der Waals surface area contributed by atoms with Crippen LogP contribution in [0.4, 0.5) is 0 Å². The summed E-state index contributed by atoms with van der Waals surface area (Å²) in [6.45, 7) is 10.6. The van der Waals surface area contributed by atoms with E-state index in [1.807, 2.05) is 73.7 Å². The molecule has 0 amide bonds. The van der Waals surface area contributed by atoms with E-state index in [-0.39, 0.29) is 11.7 Å². The van der Waals surface area contributed by atoms with Crippen molar-refractivity contribution in [1.29, 1.82) is 0 Å². The van der Waals surface area contributed by atoms with Crippen molar-refractivity contribution in [2.24, 2.45) is 0 Å². The van der Waals surface area contributed by atoms with Crippen LogP contribution in [0.5, 0.6) is 0 Å². The van der Waals surface area contributed by atoms with E-state index in [1.54, 1.807) is 0 Å². The van der Waals surface area contributed by atoms with Gasteiger partial charge in [-0.25, -0.2) is 0 Å². The van der Waals surface area contributed by atoms with Crippen LogP contribution >= 0.6 is 0 Å². The van der Waals surface area contributed by atoms with E-state index in [1.165, 1.54) is 0 Å². The fourth-order valence-electron chi connectivity index (χ4n) is 3.76. The largest absolute Gasteiger partial charge is 0.293 e. The van der Waals surface area contributed by atoms with Crippen molar-refractivity contribution in [1.82, 2.24) is 0 Å². The molecule has 0 aromatic heterocycles. The summed E-state index contributed by atoms with van der Waals surface area (Å²) in [5, 5.41) is 0. The molecule has 0 fully saturated rings. The summed E-state index contributed by atoms with van der Waals surface area (Å²) in [5.74, 6) is 0.741. The molecule has 0 saturated heterocycles. The highest BCUT2D eigenvalue weighted by atomic mass is 16.1. The Kier molecular flexibility index (Phi) is 5.84. The predicted octanol–water partition coefficient (Wildman–Crippen LogP) is 6.92. The number of hydrogen-bond acceptors (Lipinski definition) is 1. The third-order valence-corrected chi connectivity index (χ3v) is 5.60. The Balaban J connectivity index is 2.21. The Morgan fingerprint density at radius 2 is 1.25 bits per heavy atom. The summed E-state index contributed by atoms with van der Waals surface area (Å²) >= 11 is 0. The van der Waals surface area contributed by atoms with E-state index < -0.39 is 5.41 Å². The summed E-state index contributed by atoms with van der Waals surface area (Å²) in [6, 6.07) is 27.8. The van der Waals surface area contributed by atoms with Crippen LogP contribution in [0.3, 0.4) is 0 Å². The lowest BCUT2D eigenvalue weighted by atomic mass is 9.70. The molecule has 1 heteroatoms. The summed E-state index contributed by atoms with van der Waals surface area (Å²) in [5.41, 5.74) is 4.20. The Morgan fingerprint density at radius 3 is 1.68 bits per heavy atom. The number of benzene rings is 3. The molecular weight excluding hydrogens is 340 g/mol. The second kappa shape index (κ2) is 8.14. The van der Waals surface area contributed by atoms with Crippen LogP contribution in [0.25, 0.3) is 0 Å². The number of carbonyl (C=O) groups excluding carboxylic acids is 1. The van der Waals surface area contributed by atoms with Crippen molar-refractivity contribution in [3.8, 4) is 0 Å². The minimum atomic E-state index is -0.751. The van der Waals surface area contributed by atoms with Crippen LogP contribution < -0.4 is 0 Å². The molecule has 0 bridgehead atoms. The van der Waals surface area contributed by atoms with Gasteiger partial charge >= 0.3 is 0 Å². The first-order chi connectivity index (χ1) is 13.4. The van der Waals surface area contributed by atoms with Gasteiger partial charge in [-0.15, -0.1) is 0 Å². The Labute approximate surface area is 169 Å². The highest BCUT2D eigenvalue weighted by Gasteiger charge is 2.38. The second-order valence-electron chi connectivity index (χ2n) is 8.24. The molecule has 0 aliphatic heterocycles. The van der Waals surface area contributed by atoms with Gasteiger partial charge < -0.3 is 0 Å². The average molecular weight is 370 g/mol. The zero-order valence-electron chi connectivity index (χ0n) is 17.5. The number of carbonyl (C=O) groups is 1. The van der Waals surface area contributed by atoms with Gasteiger partial charge in [-0.3, -0.25) is 4.79 Å². The maximum atomic E-state index is 14.1. The molecule has 0 N–H and O–H groups in total. The number of ketones is 1. The van der Waals surface area contributed by atoms with Gasteiger partial charge in [0.1, 0.15) is 0 Å². The SMILES string of the molecule is CC(C)c1[c]c(C(C)C)c(C(=O)C(C)(c2ccccc2)c2ccccc2)cc1. The molecule has 3 aromatic carbocycles. The molecule has 3 aromatic rings. The first-order valence-corrected chi connectivity index (χ1v) is 10.1. The fraction of sp³-hybridized carbons (Fsp3) is 0.296. The number of Topliss-reactive ketones (excluding diaryl/α,β-unsaturated/α-hetero) is 1. The fourth-order valence-corrected chi connectivity index (χ4v) is 3.76. The van der Waals surface area contributed by atoms with Crippen LogP contribution in [0.2, 0.25) is 0 Å². The second-order valence-corrected chi connectivity index (χ2v) is 8.24. The van der Waals surface area contributed by atoms with Crippen molar-refractivity contribution in [3.05, 3.63) is 107 Å². The molecule has 0 atom stereocenters. The Morgan fingerprint density at radius 1 is 0.750 bits per heavy atom. The topological polar surface area (TPSA) is 17.1 Å². The van der Waals surface area contributed by atoms with Gasteiger partial charge in [0.15, 0.2) is 5.78 Å². The lowest BCUT2D eigenvalue weighted by Crippen LogP contribution is -2.35. The lowest BCUT2D eigenvalue weighted by Gasteiger charge is -2.31. The van der Waals surface area contributed by atoms with Gasteiger partial charge in [0.25, 0.3) is 0 Å². The van der Waals surface area contributed by atoms with Gasteiger partial charge in [-0.2, -0.15) is 0 Å². The van der Waals surface area contributed by atoms with Crippen LogP contribution in [-0.4, -0.2) is 5.78 Å². The predicted molar refractivity (Wildman–Crippen MR) is 117 cm³/mol. The molecule has 0 spiro atoms. The van der Waals surface area contributed by atoms with Crippen molar-refractivity contribution in [2.45, 2.75) is 51.9 Å². The molecule has 0 heterocycles. The average Bonchev–Trinajstić information content (AvgIpc) is 2.73. The zero-order chi connectivity index (χ0) is 20.3. The van der Waals surface area contributed by atoms with Gasteiger partial charge in [-0.05, 0) is 47.1 Å². The standard InChI is InChI=1S/C27H29O/c1-19(2)21-16-17-24(25(18-21)20(3)4)26(28)27(5,22-12-8-6-9-13-22)23-14-10-7-11-15-23/h6-17,19-20H,1-5H3. The van der Waals surface area contributed by atoms with E-state index in [0.717, 1.165) is 27.8 Å². The summed E-state index contributed by atoms with van der Waals surface area (Å²) in [7, 11) is 0. The maximum absolute atomic E-state index is 14.1. The molecule has 1 radical (unpaired) electrons. The number of hydrogen-bond donors (Lipinski definition) is 0. The van der Waals surface area contributed by atoms with Crippen LogP contribution in [0.15, 0.2) is 72.8 Å². The van der Waals surface area contributed by atoms with Crippen LogP contribution in [0, 0.1) is 6.07 Å². The smallest absolute Gasteiger partial charge is 0.177 e. The minimum Gasteiger partial charge on any atom is -0.293 e. The molecule has 3 rings (SSSR count). The molecule has 0 aliphatic carbocycles. The van der Waals surface area contributed by atoms with E-state index in [9.17, 15) is 4.79 Å². The quantitative estimate of drug-likeness (QED) is 0.431. The Hall–Kier alpha value is -2.67. The van der Waals surface area contributed by atoms with E-state index in [2.05, 4.69) is 39.8 Å². The maximum Gasteiger partial charge on any atom is 0.177 e. The summed E-state index contributed by atoms with van der Waals surface area (Å²) < 4.78 is 0. The zero-order valence-corrected chi connectivity index (χ0v) is 17.5. The summed E-state index contributed by atoms with van der Waals surface area (Å²) in [6.07, 6.45) is 0. The van der Waals surface area contributed by atoms with Crippen molar-refractivity contribution in [2.75, 3.05) is 0 Å². The highest BCUT2D eigenvalue weighted by molar-refractivity contribution is 6.07. The van der Waals surface area contributed by atoms with E-state index >= 15 is 0 Å². The molecular formula is C27H29O. The van der Waals surface area contributed by atoms with Gasteiger partial charge in [0, 0.05) is 5.56 Å². The first kappa shape index (κ1) is 20.1. The molecule has 0 saturated carbocycles. The third-order valence-electron chi connectivity index (χ3n) is 5.60. The van der Waals surface area contributed by atoms with E-state index in [4.69, 9.17) is 0 Å². The van der Waals surface area contributed by atoms with E-state index in [0.29, 0.717) is 5.92 Å². The molecule has 28 heavy (non-hydrogen) atoms. The van der Waals surface area contributed by atoms with Crippen LogP contribution in [-0.2, 0) is 5.41 Å². The highest BCUT2D eigenvalue weighted by Crippen LogP contribution is 2.37. The normalized spacial score (nSPS) is 11.8. The third kappa shape index (κ3) is 3.67.